The first-order chi connectivity index (χ1) is 12.2. The zero-order chi connectivity index (χ0) is 19.4. The van der Waals surface area contributed by atoms with E-state index in [9.17, 15) is 16.8 Å². The second-order valence-corrected chi connectivity index (χ2v) is 11.2. The third-order valence-electron chi connectivity index (χ3n) is 4.70. The Morgan fingerprint density at radius 2 is 1.65 bits per heavy atom. The van der Waals surface area contributed by atoms with Crippen molar-refractivity contribution < 1.29 is 21.6 Å². The van der Waals surface area contributed by atoms with Gasteiger partial charge in [-0.05, 0) is 51.0 Å². The molecule has 1 aliphatic rings. The monoisotopic (exact) mass is 403 g/mol. The molecule has 0 N–H and O–H groups in total. The van der Waals surface area contributed by atoms with Crippen LogP contribution in [0.1, 0.15) is 46.5 Å². The number of benzene rings is 1. The molecule has 0 saturated heterocycles. The average molecular weight is 404 g/mol. The van der Waals surface area contributed by atoms with Gasteiger partial charge >= 0.3 is 0 Å². The molecule has 1 aliphatic carbocycles. The van der Waals surface area contributed by atoms with E-state index in [-0.39, 0.29) is 35.1 Å². The lowest BCUT2D eigenvalue weighted by atomic mass is 10.2. The molecule has 2 rings (SSSR count). The van der Waals surface area contributed by atoms with Crippen molar-refractivity contribution in [1.82, 2.24) is 4.31 Å². The van der Waals surface area contributed by atoms with Gasteiger partial charge in [-0.25, -0.2) is 16.8 Å². The minimum Gasteiger partial charge on any atom is -0.493 e. The highest BCUT2D eigenvalue weighted by Crippen LogP contribution is 2.31. The van der Waals surface area contributed by atoms with Crippen molar-refractivity contribution >= 4 is 19.9 Å². The fraction of sp³-hybridized carbons (Fsp3) is 0.667. The average Bonchev–Trinajstić information content (AvgIpc) is 3.08. The molecule has 0 aliphatic heterocycles. The van der Waals surface area contributed by atoms with E-state index in [1.54, 1.807) is 23.4 Å². The van der Waals surface area contributed by atoms with E-state index < -0.39 is 19.9 Å². The van der Waals surface area contributed by atoms with Gasteiger partial charge in [0.15, 0.2) is 9.84 Å². The van der Waals surface area contributed by atoms with Gasteiger partial charge in [0.25, 0.3) is 0 Å². The number of sulfonamides is 1. The Morgan fingerprint density at radius 3 is 2.15 bits per heavy atom. The number of hydrogen-bond donors (Lipinski definition) is 0. The Balaban J connectivity index is 2.10. The van der Waals surface area contributed by atoms with Crippen LogP contribution in [0.2, 0.25) is 0 Å². The van der Waals surface area contributed by atoms with Gasteiger partial charge in [-0.15, -0.1) is 0 Å². The van der Waals surface area contributed by atoms with Crippen LogP contribution in [0.25, 0.3) is 0 Å². The highest BCUT2D eigenvalue weighted by molar-refractivity contribution is 7.91. The normalized spacial score (nSPS) is 16.5. The van der Waals surface area contributed by atoms with Crippen LogP contribution in [0, 0.1) is 0 Å². The molecular weight excluding hydrogens is 374 g/mol. The number of nitrogens with zero attached hydrogens (tertiary/aromatic N) is 1. The second kappa shape index (κ2) is 8.71. The lowest BCUT2D eigenvalue weighted by Gasteiger charge is -2.31. The van der Waals surface area contributed by atoms with Gasteiger partial charge in [0, 0.05) is 17.8 Å². The molecule has 0 unspecified atom stereocenters. The maximum atomic E-state index is 13.1. The molecule has 0 spiro atoms. The number of hydrogen-bond acceptors (Lipinski definition) is 5. The van der Waals surface area contributed by atoms with E-state index in [2.05, 4.69) is 0 Å². The minimum atomic E-state index is -3.57. The summed E-state index contributed by atoms with van der Waals surface area (Å²) in [5.41, 5.74) is 0. The van der Waals surface area contributed by atoms with E-state index in [1.165, 1.54) is 12.1 Å². The zero-order valence-corrected chi connectivity index (χ0v) is 17.4. The molecule has 26 heavy (non-hydrogen) atoms. The van der Waals surface area contributed by atoms with Gasteiger partial charge < -0.3 is 4.74 Å². The van der Waals surface area contributed by atoms with Gasteiger partial charge in [-0.1, -0.05) is 19.8 Å². The molecule has 0 atom stereocenters. The number of rotatable bonds is 9. The molecule has 1 aromatic rings. The van der Waals surface area contributed by atoms with Crippen LogP contribution in [0.3, 0.4) is 0 Å². The van der Waals surface area contributed by atoms with Gasteiger partial charge in [0.1, 0.15) is 12.4 Å². The van der Waals surface area contributed by atoms with E-state index in [4.69, 9.17) is 4.74 Å². The maximum Gasteiger partial charge on any atom is 0.243 e. The first-order valence-electron chi connectivity index (χ1n) is 9.14. The van der Waals surface area contributed by atoms with Gasteiger partial charge in [-0.3, -0.25) is 0 Å². The molecule has 0 amide bonds. The van der Waals surface area contributed by atoms with E-state index in [0.717, 1.165) is 25.7 Å². The number of sulfone groups is 1. The molecular formula is C18H29NO5S2. The third-order valence-corrected chi connectivity index (χ3v) is 8.51. The zero-order valence-electron chi connectivity index (χ0n) is 15.7. The summed E-state index contributed by atoms with van der Waals surface area (Å²) in [5.74, 6) is 0.499. The highest BCUT2D eigenvalue weighted by atomic mass is 32.2. The molecule has 0 aromatic heterocycles. The Morgan fingerprint density at radius 1 is 1.08 bits per heavy atom. The molecule has 8 heteroatoms. The Bertz CT molecular complexity index is 779. The van der Waals surface area contributed by atoms with E-state index >= 15 is 0 Å². The van der Waals surface area contributed by atoms with Crippen LogP contribution in [-0.2, 0) is 19.9 Å². The van der Waals surface area contributed by atoms with Crippen molar-refractivity contribution in [3.05, 3.63) is 24.3 Å². The molecule has 1 aromatic carbocycles. The largest absolute Gasteiger partial charge is 0.493 e. The molecule has 0 bridgehead atoms. The van der Waals surface area contributed by atoms with Crippen LogP contribution < -0.4 is 4.74 Å². The lowest BCUT2D eigenvalue weighted by Crippen LogP contribution is -2.43. The fourth-order valence-corrected chi connectivity index (χ4v) is 5.82. The molecule has 1 fully saturated rings. The molecule has 148 valence electrons. The second-order valence-electron chi connectivity index (χ2n) is 6.92. The quantitative estimate of drug-likeness (QED) is 0.633. The summed E-state index contributed by atoms with van der Waals surface area (Å²) < 4.78 is 56.1. The standard InChI is InChI=1S/C18H29NO5S2/c1-4-25(20,21)14-13-24-17-9-11-18(12-10-17)26(22,23)19(15(2)3)16-7-5-6-8-16/h9-12,15-16H,4-8,13-14H2,1-3H3. The SMILES string of the molecule is CCS(=O)(=O)CCOc1ccc(S(=O)(=O)N(C(C)C)C2CCCC2)cc1. The van der Waals surface area contributed by atoms with Gasteiger partial charge in [0.05, 0.1) is 10.6 Å². The van der Waals surface area contributed by atoms with Crippen molar-refractivity contribution in [2.24, 2.45) is 0 Å². The van der Waals surface area contributed by atoms with Crippen molar-refractivity contribution in [2.75, 3.05) is 18.1 Å². The number of ether oxygens (including phenoxy) is 1. The highest BCUT2D eigenvalue weighted by Gasteiger charge is 2.35. The predicted molar refractivity (Wildman–Crippen MR) is 103 cm³/mol. The van der Waals surface area contributed by atoms with Crippen molar-refractivity contribution in [3.63, 3.8) is 0 Å². The topological polar surface area (TPSA) is 80.8 Å². The summed E-state index contributed by atoms with van der Waals surface area (Å²) in [6.07, 6.45) is 3.95. The molecule has 6 nitrogen and oxygen atoms in total. The van der Waals surface area contributed by atoms with Crippen LogP contribution in [0.5, 0.6) is 5.75 Å². The molecule has 1 saturated carbocycles. The van der Waals surface area contributed by atoms with Crippen molar-refractivity contribution in [2.45, 2.75) is 63.4 Å². The summed E-state index contributed by atoms with van der Waals surface area (Å²) in [6, 6.07) is 6.19. The lowest BCUT2D eigenvalue weighted by molar-refractivity contribution is 0.275. The summed E-state index contributed by atoms with van der Waals surface area (Å²) in [7, 11) is -6.65. The molecule has 0 heterocycles. The Kier molecular flexibility index (Phi) is 7.10. The first kappa shape index (κ1) is 21.2. The smallest absolute Gasteiger partial charge is 0.243 e. The summed E-state index contributed by atoms with van der Waals surface area (Å²) >= 11 is 0. The summed E-state index contributed by atoms with van der Waals surface area (Å²) in [4.78, 5) is 0.242. The third kappa shape index (κ3) is 5.20. The first-order valence-corrected chi connectivity index (χ1v) is 12.4. The predicted octanol–water partition coefficient (Wildman–Crippen LogP) is 2.84. The fourth-order valence-electron chi connectivity index (χ4n) is 3.31. The molecule has 0 radical (unpaired) electrons. The summed E-state index contributed by atoms with van der Waals surface area (Å²) in [5, 5.41) is 0. The van der Waals surface area contributed by atoms with E-state index in [0.29, 0.717) is 5.75 Å². The van der Waals surface area contributed by atoms with Crippen LogP contribution in [-0.4, -0.2) is 51.3 Å². The van der Waals surface area contributed by atoms with E-state index in [1.807, 2.05) is 13.8 Å². The van der Waals surface area contributed by atoms with Crippen LogP contribution in [0.4, 0.5) is 0 Å². The van der Waals surface area contributed by atoms with Crippen LogP contribution in [0.15, 0.2) is 29.2 Å². The van der Waals surface area contributed by atoms with Gasteiger partial charge in [-0.2, -0.15) is 4.31 Å². The minimum absolute atomic E-state index is 0.0492. The van der Waals surface area contributed by atoms with Crippen molar-refractivity contribution in [3.8, 4) is 5.75 Å². The Hall–Kier alpha value is -1.12. The Labute approximate surface area is 157 Å². The van der Waals surface area contributed by atoms with Crippen molar-refractivity contribution in [1.29, 1.82) is 0 Å². The summed E-state index contributed by atoms with van der Waals surface area (Å²) in [6.45, 7) is 5.46. The maximum absolute atomic E-state index is 13.1. The van der Waals surface area contributed by atoms with Crippen LogP contribution >= 0.6 is 0 Å². The van der Waals surface area contributed by atoms with Gasteiger partial charge in [0.2, 0.25) is 10.0 Å².